The molecule has 0 spiro atoms. The number of carbonyl (C=O) groups excluding carboxylic acids is 1. The molecule has 0 fully saturated rings. The van der Waals surface area contributed by atoms with E-state index in [-0.39, 0.29) is 61.9 Å². The fraction of sp³-hybridized carbons (Fsp3) is 0.0625. The van der Waals surface area contributed by atoms with Gasteiger partial charge in [0.05, 0.1) is 7.11 Å². The number of rotatable bonds is 1. The van der Waals surface area contributed by atoms with Crippen LogP contribution in [0.1, 0.15) is 21.5 Å². The molecule has 0 bridgehead atoms. The van der Waals surface area contributed by atoms with Crippen LogP contribution in [0.2, 0.25) is 0 Å². The SMILES string of the molecule is [Br-].[CH2-]c1ccccc1.[CH2-]c1ccccc1C(=O)OC.[Zn+2].[Zn]. The third kappa shape index (κ3) is 9.85. The molecule has 0 N–H and O–H groups in total. The van der Waals surface area contributed by atoms with Crippen molar-refractivity contribution in [1.82, 2.24) is 0 Å². The van der Waals surface area contributed by atoms with Crippen molar-refractivity contribution in [1.29, 1.82) is 0 Å². The Balaban J connectivity index is -0.000000288. The van der Waals surface area contributed by atoms with Crippen molar-refractivity contribution >= 4 is 5.97 Å². The van der Waals surface area contributed by atoms with Crippen LogP contribution >= 0.6 is 0 Å². The normalized spacial score (nSPS) is 7.67. The first kappa shape index (κ1) is 25.3. The van der Waals surface area contributed by atoms with Crippen LogP contribution < -0.4 is 17.0 Å². The van der Waals surface area contributed by atoms with Gasteiger partial charge in [-0.25, -0.2) is 0 Å². The molecule has 0 heterocycles. The van der Waals surface area contributed by atoms with E-state index in [1.54, 1.807) is 18.2 Å². The Labute approximate surface area is 163 Å². The second-order valence-corrected chi connectivity index (χ2v) is 3.63. The molecular weight excluding hydrogens is 435 g/mol. The van der Waals surface area contributed by atoms with Gasteiger partial charge in [-0.1, -0.05) is 12.1 Å². The predicted octanol–water partition coefficient (Wildman–Crippen LogP) is 0.523. The summed E-state index contributed by atoms with van der Waals surface area (Å²) in [4.78, 5) is 11.0. The number of ether oxygens (including phenoxy) is 1. The van der Waals surface area contributed by atoms with Crippen molar-refractivity contribution in [3.63, 3.8) is 0 Å². The Hall–Kier alpha value is -0.623. The van der Waals surface area contributed by atoms with Gasteiger partial charge in [-0.3, -0.25) is 4.79 Å². The zero-order valence-electron chi connectivity index (χ0n) is 12.2. The first-order valence-electron chi connectivity index (χ1n) is 5.51. The van der Waals surface area contributed by atoms with E-state index in [0.29, 0.717) is 11.1 Å². The molecule has 21 heavy (non-hydrogen) atoms. The summed E-state index contributed by atoms with van der Waals surface area (Å²) in [7, 11) is 1.36. The van der Waals surface area contributed by atoms with E-state index in [2.05, 4.69) is 18.6 Å². The summed E-state index contributed by atoms with van der Waals surface area (Å²) in [5.74, 6) is -0.337. The number of benzene rings is 2. The van der Waals surface area contributed by atoms with Gasteiger partial charge in [0.2, 0.25) is 0 Å². The molecule has 0 radical (unpaired) electrons. The molecule has 104 valence electrons. The summed E-state index contributed by atoms with van der Waals surface area (Å²) in [5, 5.41) is 0. The van der Waals surface area contributed by atoms with Gasteiger partial charge < -0.3 is 21.7 Å². The molecular formula is C16H16BrO2Zn2-. The molecule has 2 aromatic rings. The molecule has 0 unspecified atom stereocenters. The van der Waals surface area contributed by atoms with E-state index in [1.807, 2.05) is 36.4 Å². The number of carbonyl (C=O) groups is 1. The smallest absolute Gasteiger partial charge is 1.00 e. The minimum absolute atomic E-state index is 0. The molecule has 0 atom stereocenters. The Morgan fingerprint density at radius 3 is 1.81 bits per heavy atom. The van der Waals surface area contributed by atoms with Crippen LogP contribution in [0, 0.1) is 13.8 Å². The minimum atomic E-state index is -0.337. The van der Waals surface area contributed by atoms with Gasteiger partial charge in [-0.05, 0) is 5.56 Å². The molecule has 2 rings (SSSR count). The van der Waals surface area contributed by atoms with Gasteiger partial charge >= 0.3 is 19.5 Å². The maximum atomic E-state index is 11.0. The molecule has 0 amide bonds. The van der Waals surface area contributed by atoms with E-state index < -0.39 is 0 Å². The monoisotopic (exact) mass is 447 g/mol. The largest absolute Gasteiger partial charge is 2.00 e. The molecule has 0 aliphatic heterocycles. The zero-order chi connectivity index (χ0) is 13.4. The molecule has 0 saturated heterocycles. The van der Waals surface area contributed by atoms with Gasteiger partial charge in [-0.15, -0.1) is 24.3 Å². The second-order valence-electron chi connectivity index (χ2n) is 3.63. The number of methoxy groups -OCH3 is 1. The molecule has 2 aromatic carbocycles. The van der Waals surface area contributed by atoms with Gasteiger partial charge in [0.15, 0.2) is 0 Å². The summed E-state index contributed by atoms with van der Waals surface area (Å²) in [6.07, 6.45) is 0. The predicted molar refractivity (Wildman–Crippen MR) is 73.1 cm³/mol. The van der Waals surface area contributed by atoms with E-state index in [0.717, 1.165) is 5.56 Å². The summed E-state index contributed by atoms with van der Waals surface area (Å²) in [6.45, 7) is 7.41. The van der Waals surface area contributed by atoms with Gasteiger partial charge in [-0.2, -0.15) is 43.2 Å². The number of halogens is 1. The van der Waals surface area contributed by atoms with Crippen molar-refractivity contribution in [2.45, 2.75) is 0 Å². The molecule has 0 aromatic heterocycles. The quantitative estimate of drug-likeness (QED) is 0.360. The van der Waals surface area contributed by atoms with Crippen LogP contribution in [-0.2, 0) is 43.7 Å². The third-order valence-corrected chi connectivity index (χ3v) is 2.27. The molecule has 0 aliphatic rings. The minimum Gasteiger partial charge on any atom is -1.00 e. The van der Waals surface area contributed by atoms with Crippen molar-refractivity contribution in [2.24, 2.45) is 0 Å². The van der Waals surface area contributed by atoms with Crippen LogP contribution in [0.3, 0.4) is 0 Å². The van der Waals surface area contributed by atoms with Crippen LogP contribution in [0.4, 0.5) is 0 Å². The van der Waals surface area contributed by atoms with Crippen LogP contribution in [0.5, 0.6) is 0 Å². The van der Waals surface area contributed by atoms with Crippen LogP contribution in [0.15, 0.2) is 54.6 Å². The average Bonchev–Trinajstić information content (AvgIpc) is 2.40. The van der Waals surface area contributed by atoms with Crippen molar-refractivity contribution < 1.29 is 65.5 Å². The maximum absolute atomic E-state index is 11.0. The Morgan fingerprint density at radius 2 is 1.43 bits per heavy atom. The molecule has 0 saturated carbocycles. The van der Waals surface area contributed by atoms with Crippen molar-refractivity contribution in [2.75, 3.05) is 7.11 Å². The van der Waals surface area contributed by atoms with Gasteiger partial charge in [0.25, 0.3) is 5.97 Å². The Kier molecular flexibility index (Phi) is 17.3. The first-order chi connectivity index (χ1) is 8.65. The van der Waals surface area contributed by atoms with E-state index >= 15 is 0 Å². The first-order valence-corrected chi connectivity index (χ1v) is 5.51. The fourth-order valence-corrected chi connectivity index (χ4v) is 1.31. The van der Waals surface area contributed by atoms with Crippen molar-refractivity contribution in [3.05, 3.63) is 85.1 Å². The number of hydrogen-bond donors (Lipinski definition) is 0. The van der Waals surface area contributed by atoms with Crippen LogP contribution in [-0.4, -0.2) is 13.1 Å². The third-order valence-electron chi connectivity index (χ3n) is 2.27. The second kappa shape index (κ2) is 14.3. The van der Waals surface area contributed by atoms with E-state index in [9.17, 15) is 4.79 Å². The van der Waals surface area contributed by atoms with Crippen LogP contribution in [0.25, 0.3) is 0 Å². The molecule has 0 aliphatic carbocycles. The number of hydrogen-bond acceptors (Lipinski definition) is 2. The maximum Gasteiger partial charge on any atom is 2.00 e. The number of esters is 1. The van der Waals surface area contributed by atoms with E-state index in [1.165, 1.54) is 7.11 Å². The molecule has 2 nitrogen and oxygen atoms in total. The Bertz CT molecular complexity index is 505. The summed E-state index contributed by atoms with van der Waals surface area (Å²) in [5.41, 5.74) is 2.29. The summed E-state index contributed by atoms with van der Waals surface area (Å²) in [6, 6.07) is 16.9. The van der Waals surface area contributed by atoms with E-state index in [4.69, 9.17) is 0 Å². The average molecular weight is 451 g/mol. The van der Waals surface area contributed by atoms with Crippen molar-refractivity contribution in [3.8, 4) is 0 Å². The molecule has 5 heteroatoms. The standard InChI is InChI=1S/C9H9O2.C7H7.BrH.2Zn/c1-7-5-3-4-6-8(7)9(10)11-2;1-7-5-3-2-4-6-7;;;/h3-6H,1H2,2H3;2-6H,1H2;1H;;/q2*-1;;;+2/p-1. The van der Waals surface area contributed by atoms with Gasteiger partial charge in [0.1, 0.15) is 0 Å². The summed E-state index contributed by atoms with van der Waals surface area (Å²) >= 11 is 0. The zero-order valence-corrected chi connectivity index (χ0v) is 19.7. The van der Waals surface area contributed by atoms with Gasteiger partial charge in [0, 0.05) is 19.5 Å². The Morgan fingerprint density at radius 1 is 0.952 bits per heavy atom. The fourth-order valence-electron chi connectivity index (χ4n) is 1.31. The summed E-state index contributed by atoms with van der Waals surface area (Å²) < 4.78 is 4.54. The topological polar surface area (TPSA) is 26.3 Å².